The summed E-state index contributed by atoms with van der Waals surface area (Å²) in [6.07, 6.45) is 17.3. The summed E-state index contributed by atoms with van der Waals surface area (Å²) >= 11 is 0. The molecular weight excluding hydrogens is 484 g/mol. The van der Waals surface area contributed by atoms with Crippen LogP contribution in [0.4, 0.5) is 22.7 Å². The molecule has 1 atom stereocenters. The van der Waals surface area contributed by atoms with Crippen LogP contribution in [0.2, 0.25) is 0 Å². The molecule has 0 saturated carbocycles. The van der Waals surface area contributed by atoms with Crippen LogP contribution in [0.3, 0.4) is 0 Å². The van der Waals surface area contributed by atoms with E-state index in [0.29, 0.717) is 5.92 Å². The molecule has 0 aromatic heterocycles. The first-order valence-corrected chi connectivity index (χ1v) is 14.3. The van der Waals surface area contributed by atoms with E-state index < -0.39 is 0 Å². The van der Waals surface area contributed by atoms with E-state index in [-0.39, 0.29) is 0 Å². The van der Waals surface area contributed by atoms with E-state index in [1.165, 1.54) is 45.0 Å². The molecule has 40 heavy (non-hydrogen) atoms. The van der Waals surface area contributed by atoms with E-state index in [9.17, 15) is 0 Å². The molecule has 198 valence electrons. The van der Waals surface area contributed by atoms with Crippen molar-refractivity contribution in [2.75, 3.05) is 23.4 Å². The van der Waals surface area contributed by atoms with E-state index >= 15 is 0 Å². The molecule has 0 bridgehead atoms. The van der Waals surface area contributed by atoms with Gasteiger partial charge in [0.2, 0.25) is 0 Å². The lowest BCUT2D eigenvalue weighted by atomic mass is 9.91. The van der Waals surface area contributed by atoms with Gasteiger partial charge in [-0.15, -0.1) is 0 Å². The largest absolute Gasteiger partial charge is 0.345 e. The van der Waals surface area contributed by atoms with Crippen LogP contribution in [-0.2, 0) is 0 Å². The highest BCUT2D eigenvalue weighted by Crippen LogP contribution is 2.34. The molecule has 0 heterocycles. The Morgan fingerprint density at radius 2 is 1.27 bits per heavy atom. The van der Waals surface area contributed by atoms with E-state index in [1.807, 2.05) is 0 Å². The van der Waals surface area contributed by atoms with Gasteiger partial charge in [-0.2, -0.15) is 0 Å². The normalized spacial score (nSPS) is 16.3. The standard InChI is InChI=1S/C38H36N2/c1-39(35-18-7-3-8-19-35)36-25-23-32(24-26-36)33-16-11-13-30(27-33)29-40(37-20-9-4-10-21-37)38-22-12-17-34(28-38)31-14-5-2-6-15-31/h3-5,7-12,14-28,30H,2,6,13,29H2,1H3. The lowest BCUT2D eigenvalue weighted by molar-refractivity contribution is 0.659. The number of hydrogen-bond acceptors (Lipinski definition) is 2. The van der Waals surface area contributed by atoms with Crippen molar-refractivity contribution in [3.63, 3.8) is 0 Å². The van der Waals surface area contributed by atoms with Crippen LogP contribution in [0.15, 0.2) is 146 Å². The average Bonchev–Trinajstić information content (AvgIpc) is 3.05. The Kier molecular flexibility index (Phi) is 7.77. The van der Waals surface area contributed by atoms with Crippen molar-refractivity contribution >= 4 is 33.9 Å². The van der Waals surface area contributed by atoms with E-state index in [2.05, 4.69) is 162 Å². The lowest BCUT2D eigenvalue weighted by Gasteiger charge is -2.30. The molecule has 0 saturated heterocycles. The van der Waals surface area contributed by atoms with E-state index in [0.717, 1.165) is 25.8 Å². The molecule has 0 amide bonds. The summed E-state index contributed by atoms with van der Waals surface area (Å²) < 4.78 is 0. The fraction of sp³-hybridized carbons (Fsp3) is 0.158. The second-order valence-corrected chi connectivity index (χ2v) is 10.6. The molecule has 1 unspecified atom stereocenters. The summed E-state index contributed by atoms with van der Waals surface area (Å²) in [6, 6.07) is 39.2. The fourth-order valence-corrected chi connectivity index (χ4v) is 5.63. The highest BCUT2D eigenvalue weighted by molar-refractivity contribution is 5.79. The fourth-order valence-electron chi connectivity index (χ4n) is 5.63. The van der Waals surface area contributed by atoms with Gasteiger partial charge in [-0.3, -0.25) is 0 Å². The number of para-hydroxylation sites is 2. The molecule has 4 aromatic rings. The van der Waals surface area contributed by atoms with Gasteiger partial charge in [0, 0.05) is 36.3 Å². The second-order valence-electron chi connectivity index (χ2n) is 10.6. The summed E-state index contributed by atoms with van der Waals surface area (Å²) in [5.41, 5.74) is 10.0. The molecule has 0 aliphatic heterocycles. The summed E-state index contributed by atoms with van der Waals surface area (Å²) in [6.45, 7) is 0.922. The maximum absolute atomic E-state index is 2.48. The number of anilines is 4. The Balaban J connectivity index is 1.25. The Hall–Kier alpha value is -4.56. The first-order chi connectivity index (χ1) is 19.7. The summed E-state index contributed by atoms with van der Waals surface area (Å²) in [5.74, 6) is 0.407. The summed E-state index contributed by atoms with van der Waals surface area (Å²) in [4.78, 5) is 4.70. The van der Waals surface area contributed by atoms with Gasteiger partial charge in [0.05, 0.1) is 0 Å². The van der Waals surface area contributed by atoms with Gasteiger partial charge in [0.15, 0.2) is 0 Å². The van der Waals surface area contributed by atoms with Crippen LogP contribution >= 0.6 is 0 Å². The first kappa shape index (κ1) is 25.7. The van der Waals surface area contributed by atoms with Crippen LogP contribution in [0.25, 0.3) is 11.1 Å². The minimum Gasteiger partial charge on any atom is -0.345 e. The molecule has 4 aromatic carbocycles. The first-order valence-electron chi connectivity index (χ1n) is 14.3. The molecule has 2 heteroatoms. The average molecular weight is 521 g/mol. The number of nitrogens with zero attached hydrogens (tertiary/aromatic N) is 2. The Morgan fingerprint density at radius 3 is 2.00 bits per heavy atom. The molecule has 0 spiro atoms. The number of allylic oxidation sites excluding steroid dienone is 7. The van der Waals surface area contributed by atoms with Crippen LogP contribution in [0, 0.1) is 5.92 Å². The van der Waals surface area contributed by atoms with Gasteiger partial charge in [-0.1, -0.05) is 97.1 Å². The zero-order valence-corrected chi connectivity index (χ0v) is 23.2. The summed E-state index contributed by atoms with van der Waals surface area (Å²) in [7, 11) is 2.12. The number of hydrogen-bond donors (Lipinski definition) is 0. The molecule has 0 fully saturated rings. The molecule has 2 aliphatic carbocycles. The van der Waals surface area contributed by atoms with Crippen molar-refractivity contribution in [1.29, 1.82) is 0 Å². The predicted octanol–water partition coefficient (Wildman–Crippen LogP) is 9.99. The molecule has 2 aliphatic rings. The van der Waals surface area contributed by atoms with Crippen molar-refractivity contribution in [2.24, 2.45) is 5.92 Å². The third kappa shape index (κ3) is 5.87. The lowest BCUT2D eigenvalue weighted by Crippen LogP contribution is -2.25. The third-order valence-electron chi connectivity index (χ3n) is 7.85. The molecule has 0 radical (unpaired) electrons. The van der Waals surface area contributed by atoms with Crippen molar-refractivity contribution in [3.8, 4) is 0 Å². The highest BCUT2D eigenvalue weighted by atomic mass is 15.1. The maximum atomic E-state index is 2.48. The summed E-state index contributed by atoms with van der Waals surface area (Å²) in [5, 5.41) is 0. The van der Waals surface area contributed by atoms with Crippen molar-refractivity contribution in [1.82, 2.24) is 0 Å². The maximum Gasteiger partial charge on any atom is 0.0417 e. The van der Waals surface area contributed by atoms with Crippen LogP contribution in [0.1, 0.15) is 30.4 Å². The van der Waals surface area contributed by atoms with E-state index in [1.54, 1.807) is 0 Å². The van der Waals surface area contributed by atoms with Gasteiger partial charge in [-0.25, -0.2) is 0 Å². The second kappa shape index (κ2) is 12.1. The minimum absolute atomic E-state index is 0.407. The minimum atomic E-state index is 0.407. The van der Waals surface area contributed by atoms with Gasteiger partial charge in [0.25, 0.3) is 0 Å². The SMILES string of the molecule is CN(c1ccccc1)c1ccc(C2=CC(CN(c3ccccc3)c3cccc(C4=CCCC=C4)c3)CC=C2)cc1. The smallest absolute Gasteiger partial charge is 0.0417 e. The predicted molar refractivity (Wildman–Crippen MR) is 172 cm³/mol. The van der Waals surface area contributed by atoms with Crippen molar-refractivity contribution in [2.45, 2.75) is 19.3 Å². The van der Waals surface area contributed by atoms with Crippen LogP contribution in [0.5, 0.6) is 0 Å². The zero-order chi connectivity index (χ0) is 27.1. The van der Waals surface area contributed by atoms with Crippen LogP contribution < -0.4 is 9.80 Å². The molecular formula is C38H36N2. The number of benzene rings is 4. The van der Waals surface area contributed by atoms with Gasteiger partial charge in [0.1, 0.15) is 0 Å². The highest BCUT2D eigenvalue weighted by Gasteiger charge is 2.18. The Bertz CT molecular complexity index is 1540. The quantitative estimate of drug-likeness (QED) is 0.228. The monoisotopic (exact) mass is 520 g/mol. The molecule has 2 nitrogen and oxygen atoms in total. The Morgan fingerprint density at radius 1 is 0.600 bits per heavy atom. The van der Waals surface area contributed by atoms with Gasteiger partial charge in [-0.05, 0) is 96.0 Å². The zero-order valence-electron chi connectivity index (χ0n) is 23.2. The van der Waals surface area contributed by atoms with Crippen molar-refractivity contribution in [3.05, 3.63) is 157 Å². The van der Waals surface area contributed by atoms with Gasteiger partial charge < -0.3 is 9.80 Å². The Labute approximate surface area is 238 Å². The third-order valence-corrected chi connectivity index (χ3v) is 7.85. The molecule has 6 rings (SSSR count). The topological polar surface area (TPSA) is 6.48 Å². The van der Waals surface area contributed by atoms with Gasteiger partial charge >= 0.3 is 0 Å². The van der Waals surface area contributed by atoms with Crippen molar-refractivity contribution < 1.29 is 0 Å². The van der Waals surface area contributed by atoms with E-state index in [4.69, 9.17) is 0 Å². The number of rotatable bonds is 8. The van der Waals surface area contributed by atoms with Crippen LogP contribution in [-0.4, -0.2) is 13.6 Å². The molecule has 0 N–H and O–H groups in total.